The van der Waals surface area contributed by atoms with Gasteiger partial charge in [0.15, 0.2) is 0 Å². The van der Waals surface area contributed by atoms with Crippen molar-refractivity contribution >= 4 is 11.5 Å². The molecular formula is C13H10N2O3. The van der Waals surface area contributed by atoms with Crippen LogP contribution < -0.4 is 0 Å². The Morgan fingerprint density at radius 2 is 2.06 bits per heavy atom. The van der Waals surface area contributed by atoms with Gasteiger partial charge in [-0.3, -0.25) is 4.98 Å². The van der Waals surface area contributed by atoms with Gasteiger partial charge in [-0.1, -0.05) is 6.07 Å². The monoisotopic (exact) mass is 242 g/mol. The predicted octanol–water partition coefficient (Wildman–Crippen LogP) is 1.77. The van der Waals surface area contributed by atoms with Crippen molar-refractivity contribution in [2.24, 2.45) is 0 Å². The Labute approximate surface area is 102 Å². The fourth-order valence-corrected chi connectivity index (χ4v) is 2.06. The van der Waals surface area contributed by atoms with Crippen LogP contribution in [0.5, 0.6) is 5.75 Å². The van der Waals surface area contributed by atoms with Gasteiger partial charge in [-0.25, -0.2) is 4.79 Å². The summed E-state index contributed by atoms with van der Waals surface area (Å²) >= 11 is 0. The Morgan fingerprint density at radius 1 is 1.28 bits per heavy atom. The third kappa shape index (κ3) is 1.48. The van der Waals surface area contributed by atoms with Crippen molar-refractivity contribution in [1.29, 1.82) is 0 Å². The van der Waals surface area contributed by atoms with E-state index in [1.165, 1.54) is 16.5 Å². The quantitative estimate of drug-likeness (QED) is 0.682. The number of carboxylic acid groups (broad SMARTS) is 1. The smallest absolute Gasteiger partial charge is 0.352 e. The highest BCUT2D eigenvalue weighted by Crippen LogP contribution is 2.25. The van der Waals surface area contributed by atoms with E-state index in [4.69, 9.17) is 0 Å². The molecule has 2 N–H and O–H groups in total. The fraction of sp³-hybridized carbons (Fsp3) is 0.0769. The van der Waals surface area contributed by atoms with Crippen molar-refractivity contribution in [3.05, 3.63) is 53.6 Å². The molecule has 0 saturated heterocycles. The van der Waals surface area contributed by atoms with Gasteiger partial charge in [-0.15, -0.1) is 0 Å². The molecule has 2 aromatic heterocycles. The van der Waals surface area contributed by atoms with Gasteiger partial charge in [-0.2, -0.15) is 0 Å². The molecule has 2 aliphatic rings. The molecule has 18 heavy (non-hydrogen) atoms. The molecule has 0 aromatic carbocycles. The lowest BCUT2D eigenvalue weighted by atomic mass is 10.1. The number of aromatic hydroxyl groups is 1. The first kappa shape index (κ1) is 10.6. The Bertz CT molecular complexity index is 718. The molecule has 2 aromatic rings. The molecule has 4 heterocycles. The van der Waals surface area contributed by atoms with E-state index < -0.39 is 5.97 Å². The van der Waals surface area contributed by atoms with Crippen LogP contribution in [0, 0.1) is 0 Å². The Hall–Kier alpha value is -2.56. The number of carbonyl (C=O) groups is 1. The van der Waals surface area contributed by atoms with Crippen LogP contribution in [0.3, 0.4) is 0 Å². The summed E-state index contributed by atoms with van der Waals surface area (Å²) in [7, 11) is 0. The topological polar surface area (TPSA) is 74.8 Å². The van der Waals surface area contributed by atoms with E-state index >= 15 is 0 Å². The summed E-state index contributed by atoms with van der Waals surface area (Å²) in [5.74, 6) is -1.02. The van der Waals surface area contributed by atoms with Gasteiger partial charge in [0, 0.05) is 18.3 Å². The summed E-state index contributed by atoms with van der Waals surface area (Å²) in [6.07, 6.45) is 2.24. The van der Waals surface area contributed by atoms with E-state index in [-0.39, 0.29) is 11.4 Å². The van der Waals surface area contributed by atoms with Crippen LogP contribution in [0.15, 0.2) is 36.5 Å². The van der Waals surface area contributed by atoms with Crippen molar-refractivity contribution in [3.8, 4) is 5.75 Å². The molecule has 0 fully saturated rings. The number of rotatable bonds is 1. The maximum absolute atomic E-state index is 11.3. The average Bonchev–Trinajstić information content (AvgIpc) is 2.39. The number of hydrogen-bond acceptors (Lipinski definition) is 3. The Balaban J connectivity index is 2.57. The van der Waals surface area contributed by atoms with E-state index in [0.717, 1.165) is 5.69 Å². The van der Waals surface area contributed by atoms with Crippen LogP contribution in [0.1, 0.15) is 21.9 Å². The molecule has 0 unspecified atom stereocenters. The van der Waals surface area contributed by atoms with Gasteiger partial charge < -0.3 is 14.6 Å². The summed E-state index contributed by atoms with van der Waals surface area (Å²) in [5, 5.41) is 19.1. The van der Waals surface area contributed by atoms with Crippen LogP contribution in [-0.4, -0.2) is 25.6 Å². The highest BCUT2D eigenvalue weighted by Gasteiger charge is 2.16. The van der Waals surface area contributed by atoms with Gasteiger partial charge in [-0.05, 0) is 24.3 Å². The van der Waals surface area contributed by atoms with E-state index in [0.29, 0.717) is 17.6 Å². The zero-order chi connectivity index (χ0) is 12.7. The molecule has 2 aliphatic heterocycles. The lowest BCUT2D eigenvalue weighted by Gasteiger charge is -2.13. The first-order valence-corrected chi connectivity index (χ1v) is 5.46. The van der Waals surface area contributed by atoms with E-state index in [9.17, 15) is 15.0 Å². The van der Waals surface area contributed by atoms with Crippen LogP contribution in [0.4, 0.5) is 0 Å². The maximum atomic E-state index is 11.3. The van der Waals surface area contributed by atoms with Gasteiger partial charge >= 0.3 is 5.97 Å². The van der Waals surface area contributed by atoms with E-state index in [1.54, 1.807) is 24.4 Å². The van der Waals surface area contributed by atoms with E-state index in [1.807, 2.05) is 0 Å². The lowest BCUT2D eigenvalue weighted by molar-refractivity contribution is 0.0689. The van der Waals surface area contributed by atoms with Crippen LogP contribution in [0.2, 0.25) is 0 Å². The second-order valence-electron chi connectivity index (χ2n) is 4.05. The van der Waals surface area contributed by atoms with Crippen LogP contribution in [0.25, 0.3) is 5.52 Å². The molecule has 0 atom stereocenters. The Morgan fingerprint density at radius 3 is 2.78 bits per heavy atom. The average molecular weight is 242 g/mol. The molecule has 0 saturated carbocycles. The number of carboxylic acids is 1. The lowest BCUT2D eigenvalue weighted by Crippen LogP contribution is -2.09. The standard InChI is InChI=1S/C13H10N2O3/c16-11-5-2-6-15-10(13(17)18)4-1-3-8-7-9(14-8)12(11)15/h1-6,16H,7H2,(H,17,18). The van der Waals surface area contributed by atoms with Crippen molar-refractivity contribution in [3.63, 3.8) is 0 Å². The van der Waals surface area contributed by atoms with Crippen molar-refractivity contribution < 1.29 is 15.0 Å². The number of fused-ring (bicyclic) bond motifs is 3. The number of pyridine rings is 1. The zero-order valence-electron chi connectivity index (χ0n) is 9.37. The molecular weight excluding hydrogens is 232 g/mol. The number of hydrogen-bond donors (Lipinski definition) is 2. The molecule has 2 bridgehead atoms. The minimum absolute atomic E-state index is 0.0318. The second kappa shape index (κ2) is 3.73. The van der Waals surface area contributed by atoms with Gasteiger partial charge in [0.2, 0.25) is 0 Å². The van der Waals surface area contributed by atoms with Crippen molar-refractivity contribution in [2.45, 2.75) is 6.42 Å². The summed E-state index contributed by atoms with van der Waals surface area (Å²) < 4.78 is 1.45. The number of aromatic nitrogens is 2. The fourth-order valence-electron chi connectivity index (χ4n) is 2.06. The van der Waals surface area contributed by atoms with Gasteiger partial charge in [0.1, 0.15) is 17.0 Å². The van der Waals surface area contributed by atoms with Gasteiger partial charge in [0.05, 0.1) is 5.69 Å². The van der Waals surface area contributed by atoms with Crippen molar-refractivity contribution in [2.75, 3.05) is 0 Å². The normalized spacial score (nSPS) is 11.8. The number of nitrogens with zero attached hydrogens (tertiary/aromatic N) is 2. The largest absolute Gasteiger partial charge is 0.506 e. The highest BCUT2D eigenvalue weighted by molar-refractivity contribution is 5.87. The first-order valence-electron chi connectivity index (χ1n) is 5.46. The summed E-state index contributed by atoms with van der Waals surface area (Å²) in [6.45, 7) is 0. The zero-order valence-corrected chi connectivity index (χ0v) is 9.37. The number of aromatic carboxylic acids is 1. The summed E-state index contributed by atoms with van der Waals surface area (Å²) in [5.41, 5.74) is 2.09. The SMILES string of the molecule is O=C(O)c1cccc2nc(c3c(O)cccn13)C2. The highest BCUT2D eigenvalue weighted by atomic mass is 16.4. The van der Waals surface area contributed by atoms with Crippen LogP contribution >= 0.6 is 0 Å². The maximum Gasteiger partial charge on any atom is 0.352 e. The third-order valence-corrected chi connectivity index (χ3v) is 2.89. The minimum Gasteiger partial charge on any atom is -0.506 e. The summed E-state index contributed by atoms with van der Waals surface area (Å²) in [6, 6.07) is 8.05. The molecule has 0 radical (unpaired) electrons. The minimum atomic E-state index is -1.05. The molecule has 90 valence electrons. The van der Waals surface area contributed by atoms with Crippen LogP contribution in [-0.2, 0) is 6.42 Å². The summed E-state index contributed by atoms with van der Waals surface area (Å²) in [4.78, 5) is 15.6. The molecule has 0 spiro atoms. The van der Waals surface area contributed by atoms with Crippen molar-refractivity contribution in [1.82, 2.24) is 9.38 Å². The molecule has 4 rings (SSSR count). The third-order valence-electron chi connectivity index (χ3n) is 2.89. The van der Waals surface area contributed by atoms with E-state index in [2.05, 4.69) is 4.98 Å². The molecule has 0 aliphatic carbocycles. The predicted molar refractivity (Wildman–Crippen MR) is 64.3 cm³/mol. The molecule has 0 amide bonds. The first-order chi connectivity index (χ1) is 8.66. The molecule has 5 nitrogen and oxygen atoms in total. The Kier molecular flexibility index (Phi) is 2.19. The molecule has 5 heteroatoms. The second-order valence-corrected chi connectivity index (χ2v) is 4.05. The van der Waals surface area contributed by atoms with Gasteiger partial charge in [0.25, 0.3) is 0 Å².